The fourth-order valence-electron chi connectivity index (χ4n) is 2.94. The molecule has 11 heteroatoms. The van der Waals surface area contributed by atoms with Gasteiger partial charge < -0.3 is 20.3 Å². The van der Waals surface area contributed by atoms with Crippen LogP contribution >= 0.6 is 11.6 Å². The van der Waals surface area contributed by atoms with Crippen molar-refractivity contribution in [3.8, 4) is 5.75 Å². The largest absolute Gasteiger partial charge is 0.497 e. The summed E-state index contributed by atoms with van der Waals surface area (Å²) in [6, 6.07) is 14.3. The molecule has 2 aromatic rings. The van der Waals surface area contributed by atoms with Crippen molar-refractivity contribution in [2.75, 3.05) is 25.5 Å². The Morgan fingerprint density at radius 3 is 2.06 bits per heavy atom. The molecule has 0 bridgehead atoms. The van der Waals surface area contributed by atoms with Gasteiger partial charge >= 0.3 is 11.9 Å². The fourth-order valence-corrected chi connectivity index (χ4v) is 4.60. The molecule has 0 aromatic heterocycles. The van der Waals surface area contributed by atoms with Crippen LogP contribution < -0.4 is 10.1 Å². The van der Waals surface area contributed by atoms with Gasteiger partial charge in [-0.1, -0.05) is 23.7 Å². The standard InChI is InChI=1S/C18H21ClN2O3S.C2H2O4/c1-24-15-6-8-16(9-7-15)25(22,23)21-12-10-14(11-13-21)20-18-5-3-2-4-17(18)19;3-1(4)2(5)6/h2-9,14,20H,10-13H2,1H3;(H,3,4)(H,5,6). The number of rotatable bonds is 5. The van der Waals surface area contributed by atoms with Crippen molar-refractivity contribution < 1.29 is 33.0 Å². The van der Waals surface area contributed by atoms with Crippen molar-refractivity contribution in [3.63, 3.8) is 0 Å². The molecule has 0 amide bonds. The highest BCUT2D eigenvalue weighted by molar-refractivity contribution is 7.89. The summed E-state index contributed by atoms with van der Waals surface area (Å²) >= 11 is 6.17. The maximum Gasteiger partial charge on any atom is 0.414 e. The number of ether oxygens (including phenoxy) is 1. The third kappa shape index (κ3) is 6.84. The second-order valence-corrected chi connectivity index (χ2v) is 8.93. The number of hydrogen-bond donors (Lipinski definition) is 3. The number of aliphatic carboxylic acids is 2. The number of nitrogens with one attached hydrogen (secondary N) is 1. The number of para-hydroxylation sites is 1. The highest BCUT2D eigenvalue weighted by atomic mass is 35.5. The minimum absolute atomic E-state index is 0.210. The molecule has 1 aliphatic rings. The Hall–Kier alpha value is -2.82. The van der Waals surface area contributed by atoms with E-state index < -0.39 is 22.0 Å². The molecule has 0 radical (unpaired) electrons. The molecule has 9 nitrogen and oxygen atoms in total. The normalized spacial score (nSPS) is 14.8. The predicted octanol–water partition coefficient (Wildman–Crippen LogP) is 2.77. The smallest absolute Gasteiger partial charge is 0.414 e. The van der Waals surface area contributed by atoms with Gasteiger partial charge in [-0.15, -0.1) is 0 Å². The van der Waals surface area contributed by atoms with Crippen LogP contribution in [-0.2, 0) is 19.6 Å². The molecule has 3 N–H and O–H groups in total. The van der Waals surface area contributed by atoms with Crippen LogP contribution in [0, 0.1) is 0 Å². The summed E-state index contributed by atoms with van der Waals surface area (Å²) in [5.41, 5.74) is 0.889. The Morgan fingerprint density at radius 2 is 1.58 bits per heavy atom. The third-order valence-corrected chi connectivity index (χ3v) is 6.81. The maximum atomic E-state index is 12.7. The SMILES string of the molecule is COc1ccc(S(=O)(=O)N2CCC(Nc3ccccc3Cl)CC2)cc1.O=C(O)C(=O)O. The van der Waals surface area contributed by atoms with Gasteiger partial charge in [0.25, 0.3) is 0 Å². The average Bonchev–Trinajstić information content (AvgIpc) is 2.76. The van der Waals surface area contributed by atoms with Crippen LogP contribution in [0.4, 0.5) is 5.69 Å². The van der Waals surface area contributed by atoms with Crippen LogP contribution in [0.3, 0.4) is 0 Å². The second kappa shape index (κ2) is 11.0. The van der Waals surface area contributed by atoms with Crippen molar-refractivity contribution in [2.24, 2.45) is 0 Å². The van der Waals surface area contributed by atoms with Gasteiger partial charge in [0.15, 0.2) is 0 Å². The minimum atomic E-state index is -3.47. The monoisotopic (exact) mass is 470 g/mol. The number of benzene rings is 2. The van der Waals surface area contributed by atoms with Gasteiger partial charge in [-0.05, 0) is 49.2 Å². The van der Waals surface area contributed by atoms with Crippen LogP contribution in [-0.4, -0.2) is 61.1 Å². The first-order chi connectivity index (χ1) is 14.6. The molecule has 1 fully saturated rings. The molecule has 2 aromatic carbocycles. The van der Waals surface area contributed by atoms with E-state index in [1.807, 2.05) is 24.3 Å². The first-order valence-corrected chi connectivity index (χ1v) is 11.1. The number of piperidine rings is 1. The molecular weight excluding hydrogens is 448 g/mol. The van der Waals surface area contributed by atoms with E-state index in [2.05, 4.69) is 5.32 Å². The van der Waals surface area contributed by atoms with Crippen LogP contribution in [0.5, 0.6) is 5.75 Å². The van der Waals surface area contributed by atoms with E-state index in [-0.39, 0.29) is 6.04 Å². The summed E-state index contributed by atoms with van der Waals surface area (Å²) in [7, 11) is -1.91. The lowest BCUT2D eigenvalue weighted by Gasteiger charge is -2.32. The van der Waals surface area contributed by atoms with E-state index >= 15 is 0 Å². The molecule has 1 saturated heterocycles. The van der Waals surface area contributed by atoms with Crippen molar-refractivity contribution in [1.82, 2.24) is 4.31 Å². The number of carbonyl (C=O) groups is 2. The lowest BCUT2D eigenvalue weighted by atomic mass is 10.1. The van der Waals surface area contributed by atoms with Crippen LogP contribution in [0.1, 0.15) is 12.8 Å². The van der Waals surface area contributed by atoms with Gasteiger partial charge in [0, 0.05) is 19.1 Å². The van der Waals surface area contributed by atoms with Gasteiger partial charge in [-0.3, -0.25) is 0 Å². The Labute approximate surface area is 185 Å². The number of halogens is 1. The molecule has 31 heavy (non-hydrogen) atoms. The molecular formula is C20H23ClN2O7S. The van der Waals surface area contributed by atoms with E-state index in [1.165, 1.54) is 0 Å². The molecule has 1 aliphatic heterocycles. The van der Waals surface area contributed by atoms with Gasteiger partial charge in [-0.25, -0.2) is 18.0 Å². The molecule has 168 valence electrons. The molecule has 0 saturated carbocycles. The second-order valence-electron chi connectivity index (χ2n) is 6.59. The average molecular weight is 471 g/mol. The summed E-state index contributed by atoms with van der Waals surface area (Å²) in [6.45, 7) is 0.965. The van der Waals surface area contributed by atoms with E-state index in [9.17, 15) is 8.42 Å². The van der Waals surface area contributed by atoms with Gasteiger partial charge in [0.1, 0.15) is 5.75 Å². The number of methoxy groups -OCH3 is 1. The van der Waals surface area contributed by atoms with Crippen molar-refractivity contribution in [2.45, 2.75) is 23.8 Å². The lowest BCUT2D eigenvalue weighted by molar-refractivity contribution is -0.159. The number of carboxylic acids is 2. The van der Waals surface area contributed by atoms with E-state index in [0.29, 0.717) is 28.8 Å². The lowest BCUT2D eigenvalue weighted by Crippen LogP contribution is -2.42. The van der Waals surface area contributed by atoms with Crippen LogP contribution in [0.15, 0.2) is 53.4 Å². The summed E-state index contributed by atoms with van der Waals surface area (Å²) in [6.07, 6.45) is 1.47. The molecule has 0 spiro atoms. The maximum absolute atomic E-state index is 12.7. The number of sulfonamides is 1. The number of hydrogen-bond acceptors (Lipinski definition) is 6. The third-order valence-electron chi connectivity index (χ3n) is 4.57. The van der Waals surface area contributed by atoms with E-state index in [0.717, 1.165) is 18.5 Å². The van der Waals surface area contributed by atoms with Crippen LogP contribution in [0.2, 0.25) is 5.02 Å². The fraction of sp³-hybridized carbons (Fsp3) is 0.300. The Balaban J connectivity index is 0.000000501. The Bertz CT molecular complexity index is 992. The summed E-state index contributed by atoms with van der Waals surface area (Å²) in [5, 5.41) is 18.9. The highest BCUT2D eigenvalue weighted by Crippen LogP contribution is 2.26. The zero-order chi connectivity index (χ0) is 23.0. The van der Waals surface area contributed by atoms with E-state index in [1.54, 1.807) is 35.7 Å². The van der Waals surface area contributed by atoms with Gasteiger partial charge in [-0.2, -0.15) is 4.31 Å². The topological polar surface area (TPSA) is 133 Å². The summed E-state index contributed by atoms with van der Waals surface area (Å²) in [4.78, 5) is 18.5. The summed E-state index contributed by atoms with van der Waals surface area (Å²) in [5.74, 6) is -3.01. The zero-order valence-corrected chi connectivity index (χ0v) is 18.3. The molecule has 0 aliphatic carbocycles. The molecule has 1 heterocycles. The zero-order valence-electron chi connectivity index (χ0n) is 16.7. The van der Waals surface area contributed by atoms with Crippen molar-refractivity contribution >= 4 is 39.3 Å². The molecule has 3 rings (SSSR count). The summed E-state index contributed by atoms with van der Waals surface area (Å²) < 4.78 is 32.1. The quantitative estimate of drug-likeness (QED) is 0.568. The van der Waals surface area contributed by atoms with Crippen molar-refractivity contribution in [1.29, 1.82) is 0 Å². The molecule has 0 atom stereocenters. The minimum Gasteiger partial charge on any atom is -0.497 e. The molecule has 0 unspecified atom stereocenters. The van der Waals surface area contributed by atoms with Crippen molar-refractivity contribution in [3.05, 3.63) is 53.6 Å². The Kier molecular flexibility index (Phi) is 8.66. The first-order valence-electron chi connectivity index (χ1n) is 9.26. The van der Waals surface area contributed by atoms with Gasteiger partial charge in [0.2, 0.25) is 10.0 Å². The predicted molar refractivity (Wildman–Crippen MR) is 115 cm³/mol. The van der Waals surface area contributed by atoms with Gasteiger partial charge in [0.05, 0.1) is 22.7 Å². The number of nitrogens with zero attached hydrogens (tertiary/aromatic N) is 1. The number of carboxylic acid groups (broad SMARTS) is 2. The number of anilines is 1. The van der Waals surface area contributed by atoms with E-state index in [4.69, 9.17) is 36.1 Å². The Morgan fingerprint density at radius 1 is 1.03 bits per heavy atom. The van der Waals surface area contributed by atoms with Crippen LogP contribution in [0.25, 0.3) is 0 Å². The first kappa shape index (κ1) is 24.4. The highest BCUT2D eigenvalue weighted by Gasteiger charge is 2.29.